The van der Waals surface area contributed by atoms with E-state index in [2.05, 4.69) is 14.2 Å². The summed E-state index contributed by atoms with van der Waals surface area (Å²) in [4.78, 5) is 0. The summed E-state index contributed by atoms with van der Waals surface area (Å²) in [6, 6.07) is 0. The fourth-order valence-corrected chi connectivity index (χ4v) is 1.47. The predicted molar refractivity (Wildman–Crippen MR) is 51.8 cm³/mol. The molecule has 0 bridgehead atoms. The first kappa shape index (κ1) is 20.2. The van der Waals surface area contributed by atoms with Gasteiger partial charge in [-0.25, -0.2) is 4.39 Å². The number of hydrogen-bond acceptors (Lipinski definition) is 3. The maximum Gasteiger partial charge on any atom is 0.462 e. The molecule has 0 saturated carbocycles. The van der Waals surface area contributed by atoms with E-state index in [-0.39, 0.29) is 0 Å². The van der Waals surface area contributed by atoms with E-state index in [1.165, 1.54) is 0 Å². The molecule has 0 radical (unpaired) electrons. The SMILES string of the molecule is CC1(C)OCC(C(F)(F)C(F)OC(F)(F)C(F)(F)C(F)(F)F)O1. The average Bonchev–Trinajstić information content (AvgIpc) is 2.67. The van der Waals surface area contributed by atoms with Crippen molar-refractivity contribution in [3.8, 4) is 0 Å². The molecule has 0 amide bonds. The molecule has 0 aromatic rings. The maximum absolute atomic E-state index is 13.5. The highest BCUT2D eigenvalue weighted by atomic mass is 19.4. The molecule has 2 unspecified atom stereocenters. The zero-order valence-electron chi connectivity index (χ0n) is 11.4. The molecule has 1 saturated heterocycles. The zero-order chi connectivity index (χ0) is 18.5. The van der Waals surface area contributed by atoms with Crippen molar-refractivity contribution in [1.82, 2.24) is 0 Å². The first-order chi connectivity index (χ1) is 9.94. The van der Waals surface area contributed by atoms with Crippen molar-refractivity contribution >= 4 is 0 Å². The Hall–Kier alpha value is -0.820. The van der Waals surface area contributed by atoms with Crippen LogP contribution in [0.3, 0.4) is 0 Å². The van der Waals surface area contributed by atoms with Gasteiger partial charge in [-0.1, -0.05) is 0 Å². The van der Waals surface area contributed by atoms with E-state index in [0.29, 0.717) is 0 Å². The van der Waals surface area contributed by atoms with E-state index in [1.54, 1.807) is 0 Å². The van der Waals surface area contributed by atoms with Crippen molar-refractivity contribution in [3.05, 3.63) is 0 Å². The summed E-state index contributed by atoms with van der Waals surface area (Å²) in [5.41, 5.74) is 0. The minimum atomic E-state index is -6.88. The Morgan fingerprint density at radius 3 is 1.83 bits per heavy atom. The van der Waals surface area contributed by atoms with E-state index in [4.69, 9.17) is 0 Å². The third-order valence-electron chi connectivity index (χ3n) is 2.71. The van der Waals surface area contributed by atoms with E-state index in [1.807, 2.05) is 0 Å². The molecule has 0 N–H and O–H groups in total. The first-order valence-electron chi connectivity index (χ1n) is 5.78. The monoisotopic (exact) mass is 368 g/mol. The number of alkyl halides is 10. The van der Waals surface area contributed by atoms with Crippen LogP contribution in [0, 0.1) is 0 Å². The fourth-order valence-electron chi connectivity index (χ4n) is 1.47. The Kier molecular flexibility index (Phi) is 4.94. The summed E-state index contributed by atoms with van der Waals surface area (Å²) in [6.45, 7) is 1.18. The van der Waals surface area contributed by atoms with Crippen molar-refractivity contribution in [2.75, 3.05) is 6.61 Å². The third kappa shape index (κ3) is 3.82. The average molecular weight is 368 g/mol. The number of ether oxygens (including phenoxy) is 3. The van der Waals surface area contributed by atoms with Crippen LogP contribution in [0.5, 0.6) is 0 Å². The minimum absolute atomic E-state index is 1.02. The Morgan fingerprint density at radius 2 is 1.48 bits per heavy atom. The smallest absolute Gasteiger partial charge is 0.348 e. The Morgan fingerprint density at radius 1 is 1.00 bits per heavy atom. The Balaban J connectivity index is 2.91. The number of halogens is 10. The Labute approximate surface area is 122 Å². The van der Waals surface area contributed by atoms with Crippen molar-refractivity contribution in [2.45, 2.75) is 56.2 Å². The molecule has 2 atom stereocenters. The van der Waals surface area contributed by atoms with Crippen LogP contribution in [-0.2, 0) is 14.2 Å². The van der Waals surface area contributed by atoms with Crippen molar-refractivity contribution in [1.29, 1.82) is 0 Å². The summed E-state index contributed by atoms with van der Waals surface area (Å²) in [5.74, 6) is -13.5. The lowest BCUT2D eigenvalue weighted by atomic mass is 10.2. The second-order valence-electron chi connectivity index (χ2n) is 5.01. The van der Waals surface area contributed by atoms with Crippen LogP contribution in [0.2, 0.25) is 0 Å². The summed E-state index contributed by atoms with van der Waals surface area (Å²) >= 11 is 0. The van der Waals surface area contributed by atoms with Gasteiger partial charge in [0.1, 0.15) is 0 Å². The summed E-state index contributed by atoms with van der Waals surface area (Å²) in [6.07, 6.45) is -20.4. The predicted octanol–water partition coefficient (Wildman–Crippen LogP) is 3.88. The van der Waals surface area contributed by atoms with Gasteiger partial charge < -0.3 is 9.47 Å². The quantitative estimate of drug-likeness (QED) is 0.690. The topological polar surface area (TPSA) is 27.7 Å². The van der Waals surface area contributed by atoms with Crippen molar-refractivity contribution in [3.63, 3.8) is 0 Å². The van der Waals surface area contributed by atoms with Gasteiger partial charge in [0.05, 0.1) is 6.61 Å². The molecular weight excluding hydrogens is 358 g/mol. The van der Waals surface area contributed by atoms with E-state index in [9.17, 15) is 43.9 Å². The third-order valence-corrected chi connectivity index (χ3v) is 2.71. The Bertz CT molecular complexity index is 433. The number of hydrogen-bond donors (Lipinski definition) is 0. The molecule has 0 spiro atoms. The molecular formula is C10H10F10O3. The lowest BCUT2D eigenvalue weighted by Gasteiger charge is -2.32. The lowest BCUT2D eigenvalue weighted by Crippen LogP contribution is -2.57. The number of rotatable bonds is 5. The molecule has 138 valence electrons. The highest BCUT2D eigenvalue weighted by molar-refractivity contribution is 4.90. The van der Waals surface area contributed by atoms with E-state index >= 15 is 0 Å². The van der Waals surface area contributed by atoms with Gasteiger partial charge in [-0.15, -0.1) is 0 Å². The van der Waals surface area contributed by atoms with E-state index < -0.39 is 49.0 Å². The van der Waals surface area contributed by atoms with Crippen LogP contribution < -0.4 is 0 Å². The fraction of sp³-hybridized carbons (Fsp3) is 1.00. The van der Waals surface area contributed by atoms with E-state index in [0.717, 1.165) is 13.8 Å². The molecule has 1 rings (SSSR count). The molecule has 13 heteroatoms. The molecule has 1 fully saturated rings. The highest BCUT2D eigenvalue weighted by Crippen LogP contribution is 2.49. The van der Waals surface area contributed by atoms with Crippen LogP contribution in [0.25, 0.3) is 0 Å². The van der Waals surface area contributed by atoms with Crippen LogP contribution in [0.4, 0.5) is 43.9 Å². The molecule has 23 heavy (non-hydrogen) atoms. The van der Waals surface area contributed by atoms with Gasteiger partial charge in [-0.3, -0.25) is 4.74 Å². The molecule has 1 aliphatic rings. The molecule has 0 aliphatic carbocycles. The summed E-state index contributed by atoms with van der Waals surface area (Å²) in [7, 11) is 0. The molecule has 1 aliphatic heterocycles. The van der Waals surface area contributed by atoms with Crippen LogP contribution >= 0.6 is 0 Å². The van der Waals surface area contributed by atoms with Crippen LogP contribution in [0.15, 0.2) is 0 Å². The molecule has 3 nitrogen and oxygen atoms in total. The van der Waals surface area contributed by atoms with Gasteiger partial charge in [-0.05, 0) is 13.8 Å². The van der Waals surface area contributed by atoms with Crippen LogP contribution in [-0.4, -0.2) is 49.0 Å². The van der Waals surface area contributed by atoms with Gasteiger partial charge in [0.25, 0.3) is 6.36 Å². The summed E-state index contributed by atoms with van der Waals surface area (Å²) < 4.78 is 138. The van der Waals surface area contributed by atoms with Crippen LogP contribution in [0.1, 0.15) is 13.8 Å². The lowest BCUT2D eigenvalue weighted by molar-refractivity contribution is -0.452. The second kappa shape index (κ2) is 5.62. The first-order valence-corrected chi connectivity index (χ1v) is 5.78. The normalized spacial score (nSPS) is 24.8. The standard InChI is InChI=1S/C10H10F10O3/c1-6(2)21-3-4(22-6)7(12,13)5(11)23-10(19,20)8(14,15)9(16,17)18/h4-5H,3H2,1-2H3. The highest BCUT2D eigenvalue weighted by Gasteiger charge is 2.76. The second-order valence-corrected chi connectivity index (χ2v) is 5.01. The minimum Gasteiger partial charge on any atom is -0.348 e. The van der Waals surface area contributed by atoms with Gasteiger partial charge >= 0.3 is 24.1 Å². The van der Waals surface area contributed by atoms with Gasteiger partial charge in [0.2, 0.25) is 0 Å². The van der Waals surface area contributed by atoms with Crippen molar-refractivity contribution < 1.29 is 58.1 Å². The largest absolute Gasteiger partial charge is 0.462 e. The maximum atomic E-state index is 13.5. The summed E-state index contributed by atoms with van der Waals surface area (Å²) in [5, 5.41) is 0. The van der Waals surface area contributed by atoms with Gasteiger partial charge in [-0.2, -0.15) is 39.5 Å². The van der Waals surface area contributed by atoms with Gasteiger partial charge in [0, 0.05) is 0 Å². The molecule has 0 aromatic heterocycles. The van der Waals surface area contributed by atoms with Gasteiger partial charge in [0.15, 0.2) is 11.9 Å². The molecule has 1 heterocycles. The molecule has 0 aromatic carbocycles. The zero-order valence-corrected chi connectivity index (χ0v) is 11.4. The van der Waals surface area contributed by atoms with Crippen molar-refractivity contribution in [2.24, 2.45) is 0 Å².